The Labute approximate surface area is 138 Å². The van der Waals surface area contributed by atoms with Crippen LogP contribution in [-0.4, -0.2) is 48.2 Å². The normalized spacial score (nSPS) is 19.7. The molecule has 23 heavy (non-hydrogen) atoms. The van der Waals surface area contributed by atoms with Gasteiger partial charge < -0.3 is 9.64 Å². The standard InChI is InChI=1S/C18H27FN2O2/c1-4-23-18(22)21-11-5-10-20(17(13-21)14(2)3)12-15-6-8-16(19)9-7-15/h6-9,14,17H,4-5,10-13H2,1-3H3. The average Bonchev–Trinajstić information content (AvgIpc) is 2.72. The van der Waals surface area contributed by atoms with Gasteiger partial charge in [0.1, 0.15) is 5.82 Å². The summed E-state index contributed by atoms with van der Waals surface area (Å²) >= 11 is 0. The van der Waals surface area contributed by atoms with Crippen LogP contribution in [0.2, 0.25) is 0 Å². The van der Waals surface area contributed by atoms with Crippen molar-refractivity contribution in [2.75, 3.05) is 26.2 Å². The zero-order valence-electron chi connectivity index (χ0n) is 14.3. The lowest BCUT2D eigenvalue weighted by molar-refractivity contribution is 0.0914. The van der Waals surface area contributed by atoms with E-state index in [4.69, 9.17) is 4.74 Å². The lowest BCUT2D eigenvalue weighted by Gasteiger charge is -2.34. The molecule has 4 nitrogen and oxygen atoms in total. The van der Waals surface area contributed by atoms with Gasteiger partial charge in [-0.15, -0.1) is 0 Å². The number of carbonyl (C=O) groups excluding carboxylic acids is 1. The van der Waals surface area contributed by atoms with Crippen LogP contribution in [0.4, 0.5) is 9.18 Å². The highest BCUT2D eigenvalue weighted by Gasteiger charge is 2.30. The van der Waals surface area contributed by atoms with Gasteiger partial charge in [0.25, 0.3) is 0 Å². The number of carbonyl (C=O) groups is 1. The lowest BCUT2D eigenvalue weighted by atomic mass is 10.0. The topological polar surface area (TPSA) is 32.8 Å². The van der Waals surface area contributed by atoms with Crippen LogP contribution in [0.5, 0.6) is 0 Å². The molecule has 1 unspecified atom stereocenters. The molecule has 1 saturated heterocycles. The first-order valence-electron chi connectivity index (χ1n) is 8.41. The summed E-state index contributed by atoms with van der Waals surface area (Å²) < 4.78 is 18.2. The van der Waals surface area contributed by atoms with Gasteiger partial charge in [0, 0.05) is 32.2 Å². The van der Waals surface area contributed by atoms with Gasteiger partial charge in [-0.3, -0.25) is 4.90 Å². The van der Waals surface area contributed by atoms with Crippen LogP contribution < -0.4 is 0 Å². The van der Waals surface area contributed by atoms with E-state index in [2.05, 4.69) is 18.7 Å². The van der Waals surface area contributed by atoms with Crippen LogP contribution in [0.1, 0.15) is 32.8 Å². The largest absolute Gasteiger partial charge is 0.450 e. The SMILES string of the molecule is CCOC(=O)N1CCCN(Cc2ccc(F)cc2)C(C(C)C)C1. The van der Waals surface area contributed by atoms with E-state index in [1.165, 1.54) is 12.1 Å². The monoisotopic (exact) mass is 322 g/mol. The summed E-state index contributed by atoms with van der Waals surface area (Å²) in [6.45, 7) is 9.70. The number of ether oxygens (including phenoxy) is 1. The fourth-order valence-electron chi connectivity index (χ4n) is 3.10. The summed E-state index contributed by atoms with van der Waals surface area (Å²) in [4.78, 5) is 16.3. The molecular weight excluding hydrogens is 295 g/mol. The predicted octanol–water partition coefficient (Wildman–Crippen LogP) is 3.51. The van der Waals surface area contributed by atoms with Gasteiger partial charge in [0.05, 0.1) is 6.61 Å². The smallest absolute Gasteiger partial charge is 0.409 e. The third kappa shape index (κ3) is 4.93. The van der Waals surface area contributed by atoms with E-state index < -0.39 is 0 Å². The molecule has 0 aliphatic carbocycles. The van der Waals surface area contributed by atoms with Gasteiger partial charge in [0.15, 0.2) is 0 Å². The lowest BCUT2D eigenvalue weighted by Crippen LogP contribution is -2.45. The summed E-state index contributed by atoms with van der Waals surface area (Å²) in [5.41, 5.74) is 1.10. The highest BCUT2D eigenvalue weighted by atomic mass is 19.1. The van der Waals surface area contributed by atoms with Crippen molar-refractivity contribution >= 4 is 6.09 Å². The predicted molar refractivity (Wildman–Crippen MR) is 88.6 cm³/mol. The second-order valence-corrected chi connectivity index (χ2v) is 6.41. The van der Waals surface area contributed by atoms with Crippen molar-refractivity contribution in [3.05, 3.63) is 35.6 Å². The van der Waals surface area contributed by atoms with Crippen molar-refractivity contribution < 1.29 is 13.9 Å². The molecule has 1 fully saturated rings. The first kappa shape index (κ1) is 17.7. The first-order valence-corrected chi connectivity index (χ1v) is 8.41. The van der Waals surface area contributed by atoms with Crippen LogP contribution in [0, 0.1) is 11.7 Å². The second kappa shape index (κ2) is 8.29. The van der Waals surface area contributed by atoms with E-state index in [0.717, 1.165) is 31.6 Å². The molecule has 0 bridgehead atoms. The molecule has 1 amide bonds. The molecule has 0 aromatic heterocycles. The fourth-order valence-corrected chi connectivity index (χ4v) is 3.10. The van der Waals surface area contributed by atoms with Crippen LogP contribution in [0.25, 0.3) is 0 Å². The summed E-state index contributed by atoms with van der Waals surface area (Å²) in [6, 6.07) is 6.94. The number of hydrogen-bond acceptors (Lipinski definition) is 3. The van der Waals surface area contributed by atoms with E-state index in [9.17, 15) is 9.18 Å². The van der Waals surface area contributed by atoms with E-state index in [1.54, 1.807) is 0 Å². The van der Waals surface area contributed by atoms with Crippen LogP contribution in [0.15, 0.2) is 24.3 Å². The number of benzene rings is 1. The van der Waals surface area contributed by atoms with E-state index in [-0.39, 0.29) is 18.0 Å². The molecule has 0 N–H and O–H groups in total. The number of halogens is 1. The summed E-state index contributed by atoms with van der Waals surface area (Å²) in [5, 5.41) is 0. The Morgan fingerprint density at radius 3 is 2.61 bits per heavy atom. The van der Waals surface area contributed by atoms with Gasteiger partial charge >= 0.3 is 6.09 Å². The van der Waals surface area contributed by atoms with Gasteiger partial charge in [-0.05, 0) is 37.0 Å². The van der Waals surface area contributed by atoms with Crippen molar-refractivity contribution in [3.63, 3.8) is 0 Å². The Hall–Kier alpha value is -1.62. The Morgan fingerprint density at radius 2 is 2.00 bits per heavy atom. The Balaban J connectivity index is 2.09. The number of hydrogen-bond donors (Lipinski definition) is 0. The molecule has 128 valence electrons. The van der Waals surface area contributed by atoms with Crippen molar-refractivity contribution in [1.29, 1.82) is 0 Å². The minimum absolute atomic E-state index is 0.210. The molecule has 1 heterocycles. The van der Waals surface area contributed by atoms with Crippen LogP contribution >= 0.6 is 0 Å². The molecule has 1 aromatic carbocycles. The van der Waals surface area contributed by atoms with Crippen molar-refractivity contribution in [1.82, 2.24) is 9.80 Å². The van der Waals surface area contributed by atoms with E-state index >= 15 is 0 Å². The summed E-state index contributed by atoms with van der Waals surface area (Å²) in [5.74, 6) is 0.212. The first-order chi connectivity index (χ1) is 11.0. The maximum Gasteiger partial charge on any atom is 0.409 e. The van der Waals surface area contributed by atoms with Crippen molar-refractivity contribution in [3.8, 4) is 0 Å². The number of amides is 1. The fraction of sp³-hybridized carbons (Fsp3) is 0.611. The number of rotatable bonds is 4. The molecule has 2 rings (SSSR count). The van der Waals surface area contributed by atoms with Crippen LogP contribution in [0.3, 0.4) is 0 Å². The van der Waals surface area contributed by atoms with E-state index in [0.29, 0.717) is 19.1 Å². The van der Waals surface area contributed by atoms with Gasteiger partial charge in [0.2, 0.25) is 0 Å². The highest BCUT2D eigenvalue weighted by molar-refractivity contribution is 5.67. The highest BCUT2D eigenvalue weighted by Crippen LogP contribution is 2.20. The molecule has 1 aliphatic heterocycles. The molecule has 1 atom stereocenters. The second-order valence-electron chi connectivity index (χ2n) is 6.41. The summed E-state index contributed by atoms with van der Waals surface area (Å²) in [7, 11) is 0. The molecule has 0 spiro atoms. The van der Waals surface area contributed by atoms with Gasteiger partial charge in [-0.2, -0.15) is 0 Å². The average molecular weight is 322 g/mol. The molecular formula is C18H27FN2O2. The molecule has 1 aromatic rings. The van der Waals surface area contributed by atoms with Crippen LogP contribution in [-0.2, 0) is 11.3 Å². The zero-order valence-corrected chi connectivity index (χ0v) is 14.3. The Bertz CT molecular complexity index is 504. The Morgan fingerprint density at radius 1 is 1.30 bits per heavy atom. The zero-order chi connectivity index (χ0) is 16.8. The Kier molecular flexibility index (Phi) is 6.39. The maximum absolute atomic E-state index is 13.1. The molecule has 0 saturated carbocycles. The van der Waals surface area contributed by atoms with E-state index in [1.807, 2.05) is 24.0 Å². The van der Waals surface area contributed by atoms with Crippen molar-refractivity contribution in [2.24, 2.45) is 5.92 Å². The number of nitrogens with zero attached hydrogens (tertiary/aromatic N) is 2. The molecule has 5 heteroatoms. The minimum atomic E-state index is -0.221. The van der Waals surface area contributed by atoms with Gasteiger partial charge in [-0.1, -0.05) is 26.0 Å². The molecule has 1 aliphatic rings. The quantitative estimate of drug-likeness (QED) is 0.850. The molecule has 0 radical (unpaired) electrons. The summed E-state index contributed by atoms with van der Waals surface area (Å²) in [6.07, 6.45) is 0.699. The van der Waals surface area contributed by atoms with Gasteiger partial charge in [-0.25, -0.2) is 9.18 Å². The third-order valence-electron chi connectivity index (χ3n) is 4.34. The maximum atomic E-state index is 13.1. The van der Waals surface area contributed by atoms with Crippen molar-refractivity contribution in [2.45, 2.75) is 39.8 Å². The third-order valence-corrected chi connectivity index (χ3v) is 4.34. The minimum Gasteiger partial charge on any atom is -0.450 e.